The second-order valence-electron chi connectivity index (χ2n) is 7.45. The highest BCUT2D eigenvalue weighted by atomic mass is 16.5. The molecular weight excluding hydrogens is 392 g/mol. The van der Waals surface area contributed by atoms with Crippen LogP contribution in [0.2, 0.25) is 0 Å². The lowest BCUT2D eigenvalue weighted by molar-refractivity contribution is 0.0374. The van der Waals surface area contributed by atoms with Gasteiger partial charge in [0.25, 0.3) is 11.5 Å². The Labute approximate surface area is 181 Å². The van der Waals surface area contributed by atoms with Gasteiger partial charge in [0.2, 0.25) is 0 Å². The number of aromatic amines is 1. The van der Waals surface area contributed by atoms with E-state index in [0.29, 0.717) is 17.8 Å². The summed E-state index contributed by atoms with van der Waals surface area (Å²) >= 11 is 0. The number of nitrogens with zero attached hydrogens (tertiary/aromatic N) is 2. The van der Waals surface area contributed by atoms with E-state index in [0.717, 1.165) is 50.4 Å². The molecule has 0 bridgehead atoms. The van der Waals surface area contributed by atoms with E-state index in [-0.39, 0.29) is 11.5 Å². The Bertz CT molecular complexity index is 1060. The second kappa shape index (κ2) is 10.1. The molecule has 1 aliphatic heterocycles. The third-order valence-electron chi connectivity index (χ3n) is 5.36. The second-order valence-corrected chi connectivity index (χ2v) is 7.45. The number of hydrogen-bond donors (Lipinski definition) is 2. The lowest BCUT2D eigenvalue weighted by Crippen LogP contribution is -2.38. The Balaban J connectivity index is 1.60. The van der Waals surface area contributed by atoms with Crippen LogP contribution in [0.1, 0.15) is 16.8 Å². The standard InChI is InChI=1S/C24H26N4O3/c29-23(25-12-7-13-28-14-16-31-17-15-28)21-20(18-8-3-1-4-9-18)22(26-27-24(21)30)19-10-5-2-6-11-19/h1-6,8-11H,7,12-17H2,(H,25,29)(H,27,30). The number of nitrogens with one attached hydrogen (secondary N) is 2. The minimum Gasteiger partial charge on any atom is -0.379 e. The fraction of sp³-hybridized carbons (Fsp3) is 0.292. The molecule has 31 heavy (non-hydrogen) atoms. The van der Waals surface area contributed by atoms with Gasteiger partial charge >= 0.3 is 0 Å². The van der Waals surface area contributed by atoms with E-state index >= 15 is 0 Å². The molecule has 3 aromatic rings. The SMILES string of the molecule is O=C(NCCCN1CCOCC1)c1c(-c2ccccc2)c(-c2ccccc2)n[nH]c1=O. The van der Waals surface area contributed by atoms with Gasteiger partial charge in [-0.05, 0) is 18.5 Å². The molecule has 0 radical (unpaired) electrons. The maximum absolute atomic E-state index is 13.1. The van der Waals surface area contributed by atoms with E-state index < -0.39 is 5.56 Å². The van der Waals surface area contributed by atoms with Crippen LogP contribution in [0.15, 0.2) is 65.5 Å². The molecule has 1 fully saturated rings. The normalized spacial score (nSPS) is 14.3. The molecular formula is C24H26N4O3. The van der Waals surface area contributed by atoms with Gasteiger partial charge in [0.15, 0.2) is 0 Å². The molecule has 160 valence electrons. The molecule has 1 aromatic heterocycles. The van der Waals surface area contributed by atoms with Crippen LogP contribution in [-0.4, -0.2) is 60.4 Å². The molecule has 2 aromatic carbocycles. The van der Waals surface area contributed by atoms with Crippen molar-refractivity contribution in [1.82, 2.24) is 20.4 Å². The summed E-state index contributed by atoms with van der Waals surface area (Å²) in [6.07, 6.45) is 0.806. The Morgan fingerprint density at radius 2 is 1.65 bits per heavy atom. The van der Waals surface area contributed by atoms with E-state index in [9.17, 15) is 9.59 Å². The lowest BCUT2D eigenvalue weighted by Gasteiger charge is -2.26. The van der Waals surface area contributed by atoms with Crippen LogP contribution in [0.5, 0.6) is 0 Å². The molecule has 0 aliphatic carbocycles. The van der Waals surface area contributed by atoms with Gasteiger partial charge in [-0.25, -0.2) is 5.10 Å². The Hall–Kier alpha value is -3.29. The number of amides is 1. The topological polar surface area (TPSA) is 87.3 Å². The zero-order chi connectivity index (χ0) is 21.5. The number of morpholine rings is 1. The number of aromatic nitrogens is 2. The molecule has 0 spiro atoms. The highest BCUT2D eigenvalue weighted by Gasteiger charge is 2.22. The highest BCUT2D eigenvalue weighted by molar-refractivity contribution is 6.03. The summed E-state index contributed by atoms with van der Waals surface area (Å²) in [5, 5.41) is 9.72. The number of ether oxygens (including phenoxy) is 1. The largest absolute Gasteiger partial charge is 0.379 e. The zero-order valence-corrected chi connectivity index (χ0v) is 17.3. The minimum atomic E-state index is -0.496. The monoisotopic (exact) mass is 418 g/mol. The predicted molar refractivity (Wildman–Crippen MR) is 120 cm³/mol. The maximum Gasteiger partial charge on any atom is 0.277 e. The fourth-order valence-corrected chi connectivity index (χ4v) is 3.78. The Kier molecular flexibility index (Phi) is 6.86. The van der Waals surface area contributed by atoms with Crippen molar-refractivity contribution in [3.8, 4) is 22.4 Å². The number of rotatable bonds is 7. The van der Waals surface area contributed by atoms with E-state index in [1.165, 1.54) is 0 Å². The molecule has 7 nitrogen and oxygen atoms in total. The Morgan fingerprint density at radius 1 is 1.00 bits per heavy atom. The summed E-state index contributed by atoms with van der Waals surface area (Å²) in [6, 6.07) is 19.0. The third-order valence-corrected chi connectivity index (χ3v) is 5.36. The number of H-pyrrole nitrogens is 1. The zero-order valence-electron chi connectivity index (χ0n) is 17.3. The van der Waals surface area contributed by atoms with Crippen molar-refractivity contribution in [1.29, 1.82) is 0 Å². The molecule has 1 amide bonds. The minimum absolute atomic E-state index is 0.0893. The molecule has 1 aliphatic rings. The Morgan fingerprint density at radius 3 is 2.32 bits per heavy atom. The van der Waals surface area contributed by atoms with Crippen molar-refractivity contribution >= 4 is 5.91 Å². The van der Waals surface area contributed by atoms with Crippen molar-refractivity contribution in [2.24, 2.45) is 0 Å². The summed E-state index contributed by atoms with van der Waals surface area (Å²) in [6.45, 7) is 4.71. The van der Waals surface area contributed by atoms with Gasteiger partial charge in [-0.1, -0.05) is 60.7 Å². The predicted octanol–water partition coefficient (Wildman–Crippen LogP) is 2.56. The average Bonchev–Trinajstić information content (AvgIpc) is 2.83. The molecule has 0 unspecified atom stereocenters. The summed E-state index contributed by atoms with van der Waals surface area (Å²) in [5.74, 6) is -0.387. The van der Waals surface area contributed by atoms with Gasteiger partial charge in [0.05, 0.1) is 18.9 Å². The van der Waals surface area contributed by atoms with Gasteiger partial charge < -0.3 is 10.1 Å². The van der Waals surface area contributed by atoms with Crippen molar-refractivity contribution < 1.29 is 9.53 Å². The number of hydrogen-bond acceptors (Lipinski definition) is 5. The first-order chi connectivity index (χ1) is 15.2. The summed E-state index contributed by atoms with van der Waals surface area (Å²) in [5.41, 5.74) is 2.32. The van der Waals surface area contributed by atoms with Crippen molar-refractivity contribution in [3.63, 3.8) is 0 Å². The third kappa shape index (κ3) is 5.07. The first kappa shape index (κ1) is 21.0. The van der Waals surface area contributed by atoms with Crippen LogP contribution >= 0.6 is 0 Å². The maximum atomic E-state index is 13.1. The van der Waals surface area contributed by atoms with Gasteiger partial charge in [-0.15, -0.1) is 0 Å². The van der Waals surface area contributed by atoms with E-state index in [1.807, 2.05) is 60.7 Å². The van der Waals surface area contributed by atoms with Crippen molar-refractivity contribution in [3.05, 3.63) is 76.6 Å². The van der Waals surface area contributed by atoms with Gasteiger partial charge in [-0.2, -0.15) is 5.10 Å². The van der Waals surface area contributed by atoms with Crippen molar-refractivity contribution in [2.45, 2.75) is 6.42 Å². The van der Waals surface area contributed by atoms with Crippen LogP contribution in [-0.2, 0) is 4.74 Å². The smallest absolute Gasteiger partial charge is 0.277 e. The van der Waals surface area contributed by atoms with Gasteiger partial charge in [-0.3, -0.25) is 14.5 Å². The molecule has 4 rings (SSSR count). The first-order valence-corrected chi connectivity index (χ1v) is 10.6. The average molecular weight is 418 g/mol. The first-order valence-electron chi connectivity index (χ1n) is 10.6. The molecule has 2 N–H and O–H groups in total. The molecule has 0 saturated carbocycles. The highest BCUT2D eigenvalue weighted by Crippen LogP contribution is 2.31. The lowest BCUT2D eigenvalue weighted by atomic mass is 9.95. The van der Waals surface area contributed by atoms with Gasteiger partial charge in [0.1, 0.15) is 5.56 Å². The summed E-state index contributed by atoms with van der Waals surface area (Å²) in [7, 11) is 0. The number of benzene rings is 2. The molecule has 0 atom stereocenters. The molecule has 7 heteroatoms. The number of carbonyl (C=O) groups excluding carboxylic acids is 1. The molecule has 1 saturated heterocycles. The van der Waals surface area contributed by atoms with E-state index in [1.54, 1.807) is 0 Å². The number of carbonyl (C=O) groups is 1. The van der Waals surface area contributed by atoms with E-state index in [4.69, 9.17) is 4.74 Å². The van der Waals surface area contributed by atoms with Gasteiger partial charge in [0, 0.05) is 30.8 Å². The summed E-state index contributed by atoms with van der Waals surface area (Å²) < 4.78 is 5.36. The fourth-order valence-electron chi connectivity index (χ4n) is 3.78. The van der Waals surface area contributed by atoms with Crippen LogP contribution in [0.3, 0.4) is 0 Å². The van der Waals surface area contributed by atoms with Crippen molar-refractivity contribution in [2.75, 3.05) is 39.4 Å². The quantitative estimate of drug-likeness (QED) is 0.576. The van der Waals surface area contributed by atoms with Crippen LogP contribution in [0.25, 0.3) is 22.4 Å². The molecule has 2 heterocycles. The van der Waals surface area contributed by atoms with Crippen LogP contribution < -0.4 is 10.9 Å². The summed E-state index contributed by atoms with van der Waals surface area (Å²) in [4.78, 5) is 28.1. The van der Waals surface area contributed by atoms with E-state index in [2.05, 4.69) is 20.4 Å². The van der Waals surface area contributed by atoms with Crippen LogP contribution in [0.4, 0.5) is 0 Å². The van der Waals surface area contributed by atoms with Crippen LogP contribution in [0, 0.1) is 0 Å².